The van der Waals surface area contributed by atoms with E-state index in [4.69, 9.17) is 18.5 Å². The van der Waals surface area contributed by atoms with Crippen LogP contribution >= 0.6 is 7.82 Å². The Morgan fingerprint density at radius 3 is 0.865 bits per heavy atom. The van der Waals surface area contributed by atoms with E-state index in [1.54, 1.807) is 0 Å². The number of carbonyl (C=O) groups excluding carboxylic acids is 2. The first-order valence-corrected chi connectivity index (χ1v) is 34.3. The highest BCUT2D eigenvalue weighted by molar-refractivity contribution is 7.47. The minimum Gasteiger partial charge on any atom is -0.462 e. The molecule has 0 aliphatic carbocycles. The smallest absolute Gasteiger partial charge is 0.462 e. The van der Waals surface area contributed by atoms with Gasteiger partial charge in [-0.2, -0.15) is 0 Å². The van der Waals surface area contributed by atoms with Crippen LogP contribution in [-0.2, 0) is 32.7 Å². The van der Waals surface area contributed by atoms with Gasteiger partial charge in [0.05, 0.1) is 27.7 Å². The highest BCUT2D eigenvalue weighted by atomic mass is 31.2. The Morgan fingerprint density at radius 2 is 0.608 bits per heavy atom. The Bertz CT molecular complexity index is 1210. The van der Waals surface area contributed by atoms with Gasteiger partial charge in [-0.05, 0) is 12.8 Å². The summed E-state index contributed by atoms with van der Waals surface area (Å²) in [6.45, 7) is 4.53. The summed E-state index contributed by atoms with van der Waals surface area (Å²) < 4.78 is 34.7. The van der Waals surface area contributed by atoms with E-state index in [1.165, 1.54) is 283 Å². The molecule has 442 valence electrons. The topological polar surface area (TPSA) is 108 Å². The molecular weight excluding hydrogens is 942 g/mol. The minimum absolute atomic E-state index is 0.0376. The van der Waals surface area contributed by atoms with Gasteiger partial charge in [-0.1, -0.05) is 322 Å². The number of rotatable bonds is 62. The number of phosphoric ester groups is 1. The van der Waals surface area contributed by atoms with E-state index >= 15 is 0 Å². The zero-order valence-electron chi connectivity index (χ0n) is 50.4. The lowest BCUT2D eigenvalue weighted by atomic mass is 10.0. The third kappa shape index (κ3) is 60.2. The quantitative estimate of drug-likeness (QED) is 0.0278. The van der Waals surface area contributed by atoms with E-state index < -0.39 is 26.5 Å². The molecular formula is C64H129NO8P+. The molecule has 0 aromatic heterocycles. The molecule has 74 heavy (non-hydrogen) atoms. The van der Waals surface area contributed by atoms with Crippen molar-refractivity contribution in [3.63, 3.8) is 0 Å². The minimum atomic E-state index is -4.38. The third-order valence-electron chi connectivity index (χ3n) is 15.1. The van der Waals surface area contributed by atoms with Crippen LogP contribution in [0.5, 0.6) is 0 Å². The first kappa shape index (κ1) is 73.0. The average Bonchev–Trinajstić information content (AvgIpc) is 3.36. The van der Waals surface area contributed by atoms with Crippen molar-refractivity contribution in [1.82, 2.24) is 0 Å². The first-order valence-electron chi connectivity index (χ1n) is 32.8. The van der Waals surface area contributed by atoms with E-state index in [1.807, 2.05) is 21.1 Å². The van der Waals surface area contributed by atoms with Crippen LogP contribution in [0, 0.1) is 0 Å². The zero-order chi connectivity index (χ0) is 54.2. The summed E-state index contributed by atoms with van der Waals surface area (Å²) in [7, 11) is 1.51. The van der Waals surface area contributed by atoms with Crippen LogP contribution in [0.15, 0.2) is 0 Å². The van der Waals surface area contributed by atoms with Crippen LogP contribution in [0.25, 0.3) is 0 Å². The van der Waals surface area contributed by atoms with Gasteiger partial charge in [-0.15, -0.1) is 0 Å². The third-order valence-corrected chi connectivity index (χ3v) is 16.1. The van der Waals surface area contributed by atoms with Gasteiger partial charge in [0, 0.05) is 12.8 Å². The molecule has 0 aliphatic heterocycles. The lowest BCUT2D eigenvalue weighted by molar-refractivity contribution is -0.870. The van der Waals surface area contributed by atoms with E-state index in [2.05, 4.69) is 13.8 Å². The fraction of sp³-hybridized carbons (Fsp3) is 0.969. The summed E-state index contributed by atoms with van der Waals surface area (Å²) in [5, 5.41) is 0. The molecule has 0 aliphatic rings. The Labute approximate surface area is 461 Å². The molecule has 10 heteroatoms. The van der Waals surface area contributed by atoms with Gasteiger partial charge in [-0.3, -0.25) is 18.6 Å². The average molecular weight is 1070 g/mol. The van der Waals surface area contributed by atoms with Crippen molar-refractivity contribution in [2.75, 3.05) is 47.5 Å². The number of esters is 2. The van der Waals surface area contributed by atoms with Crippen LogP contribution in [0.3, 0.4) is 0 Å². The summed E-state index contributed by atoms with van der Waals surface area (Å²) in [4.78, 5) is 35.8. The molecule has 1 N–H and O–H groups in total. The lowest BCUT2D eigenvalue weighted by Gasteiger charge is -2.24. The fourth-order valence-corrected chi connectivity index (χ4v) is 10.8. The normalized spacial score (nSPS) is 13.1. The molecule has 9 nitrogen and oxygen atoms in total. The molecule has 0 amide bonds. The van der Waals surface area contributed by atoms with Gasteiger partial charge in [-0.25, -0.2) is 4.57 Å². The summed E-state index contributed by atoms with van der Waals surface area (Å²) in [6, 6.07) is 0. The lowest BCUT2D eigenvalue weighted by Crippen LogP contribution is -2.37. The van der Waals surface area contributed by atoms with Crippen LogP contribution in [0.2, 0.25) is 0 Å². The molecule has 1 unspecified atom stereocenters. The van der Waals surface area contributed by atoms with Crippen molar-refractivity contribution in [1.29, 1.82) is 0 Å². The summed E-state index contributed by atoms with van der Waals surface area (Å²) in [5.41, 5.74) is 0. The number of phosphoric acid groups is 1. The monoisotopic (exact) mass is 1070 g/mol. The van der Waals surface area contributed by atoms with Crippen LogP contribution in [0.1, 0.15) is 348 Å². The maximum absolute atomic E-state index is 12.8. The Kier molecular flexibility index (Phi) is 56.0. The predicted octanol–water partition coefficient (Wildman–Crippen LogP) is 20.6. The van der Waals surface area contributed by atoms with Crippen molar-refractivity contribution in [2.45, 2.75) is 354 Å². The number of unbranched alkanes of at least 4 members (excludes halogenated alkanes) is 48. The predicted molar refractivity (Wildman–Crippen MR) is 317 cm³/mol. The van der Waals surface area contributed by atoms with Crippen LogP contribution < -0.4 is 0 Å². The molecule has 0 radical (unpaired) electrons. The number of carbonyl (C=O) groups is 2. The summed E-state index contributed by atoms with van der Waals surface area (Å²) in [5.74, 6) is -0.769. The molecule has 0 aromatic rings. The molecule has 0 heterocycles. The molecule has 0 rings (SSSR count). The van der Waals surface area contributed by atoms with E-state index in [9.17, 15) is 19.0 Å². The number of hydrogen-bond donors (Lipinski definition) is 1. The van der Waals surface area contributed by atoms with Crippen molar-refractivity contribution >= 4 is 19.8 Å². The standard InChI is InChI=1S/C64H128NO8P/c1-6-8-10-12-14-16-18-20-22-24-26-28-30-32-34-36-38-40-42-44-46-48-50-52-54-56-63(66)70-60-62(61-72-74(68,69)71-59-58-65(3,4)5)73-64(67)57-55-53-51-49-47-45-43-41-39-37-35-33-31-29-27-25-23-21-19-17-15-13-11-9-7-2/h62H,6-61H2,1-5H3/p+1/t62-/m1/s1. The molecule has 0 spiro atoms. The Morgan fingerprint density at radius 1 is 0.365 bits per heavy atom. The second-order valence-electron chi connectivity index (χ2n) is 23.9. The zero-order valence-corrected chi connectivity index (χ0v) is 51.3. The molecule has 0 aromatic carbocycles. The SMILES string of the molecule is CCCCCCCCCCCCCCCCCCCCCCCCCCCC(=O)OC[C@H](COP(=O)(O)OCC[N+](C)(C)C)OC(=O)CCCCCCCCCCCCCCCCCCCCCCCCCCC. The second-order valence-corrected chi connectivity index (χ2v) is 25.3. The first-order chi connectivity index (χ1) is 36.0. The summed E-state index contributed by atoms with van der Waals surface area (Å²) in [6.07, 6.45) is 66.2. The highest BCUT2D eigenvalue weighted by Crippen LogP contribution is 2.43. The van der Waals surface area contributed by atoms with Crippen molar-refractivity contribution in [3.05, 3.63) is 0 Å². The van der Waals surface area contributed by atoms with Gasteiger partial charge in [0.15, 0.2) is 6.10 Å². The van der Waals surface area contributed by atoms with Gasteiger partial charge >= 0.3 is 19.8 Å². The maximum atomic E-state index is 12.8. The molecule has 0 saturated heterocycles. The van der Waals surface area contributed by atoms with Gasteiger partial charge < -0.3 is 18.9 Å². The fourth-order valence-electron chi connectivity index (χ4n) is 10.1. The highest BCUT2D eigenvalue weighted by Gasteiger charge is 2.27. The largest absolute Gasteiger partial charge is 0.472 e. The number of nitrogens with zero attached hydrogens (tertiary/aromatic N) is 1. The van der Waals surface area contributed by atoms with Crippen molar-refractivity contribution < 1.29 is 42.1 Å². The van der Waals surface area contributed by atoms with Crippen LogP contribution in [0.4, 0.5) is 0 Å². The maximum Gasteiger partial charge on any atom is 0.472 e. The molecule has 2 atom stereocenters. The van der Waals surface area contributed by atoms with Gasteiger partial charge in [0.25, 0.3) is 0 Å². The van der Waals surface area contributed by atoms with Crippen molar-refractivity contribution in [2.24, 2.45) is 0 Å². The van der Waals surface area contributed by atoms with Crippen molar-refractivity contribution in [3.8, 4) is 0 Å². The van der Waals surface area contributed by atoms with E-state index in [0.717, 1.165) is 38.5 Å². The number of ether oxygens (including phenoxy) is 2. The number of quaternary nitrogens is 1. The molecule has 0 saturated carbocycles. The van der Waals surface area contributed by atoms with Gasteiger partial charge in [0.1, 0.15) is 19.8 Å². The second kappa shape index (κ2) is 56.7. The van der Waals surface area contributed by atoms with E-state index in [-0.39, 0.29) is 25.6 Å². The molecule has 0 bridgehead atoms. The van der Waals surface area contributed by atoms with Gasteiger partial charge in [0.2, 0.25) is 0 Å². The Hall–Kier alpha value is -0.990. The summed E-state index contributed by atoms with van der Waals surface area (Å²) >= 11 is 0. The van der Waals surface area contributed by atoms with E-state index in [0.29, 0.717) is 17.4 Å². The number of hydrogen-bond acceptors (Lipinski definition) is 7. The number of likely N-dealkylation sites (N-methyl/N-ethyl adjacent to an activating group) is 1. The Balaban J connectivity index is 4.02. The van der Waals surface area contributed by atoms with Crippen LogP contribution in [-0.4, -0.2) is 74.9 Å². The molecule has 0 fully saturated rings.